The van der Waals surface area contributed by atoms with Crippen molar-refractivity contribution < 1.29 is 117 Å². The van der Waals surface area contributed by atoms with Crippen LogP contribution in [-0.4, -0.2) is 280 Å². The van der Waals surface area contributed by atoms with Gasteiger partial charge in [0.05, 0.1) is 72.7 Å². The zero-order valence-electron chi connectivity index (χ0n) is 62.3. The first kappa shape index (κ1) is 95.8. The van der Waals surface area contributed by atoms with Crippen LogP contribution in [0.1, 0.15) is 146 Å². The lowest BCUT2D eigenvalue weighted by molar-refractivity contribution is -0.110. The molecule has 4 unspecified atom stereocenters. The van der Waals surface area contributed by atoms with Gasteiger partial charge in [-0.2, -0.15) is 8.42 Å². The van der Waals surface area contributed by atoms with Gasteiger partial charge in [0, 0.05) is 182 Å². The number of aryl methyl sites for hydroxylation is 1. The third-order valence-electron chi connectivity index (χ3n) is 22.4. The molecule has 36 heteroatoms. The molecule has 2 aromatic rings. The van der Waals surface area contributed by atoms with E-state index in [2.05, 4.69) is 35.6 Å². The first-order valence-corrected chi connectivity index (χ1v) is 37.4. The van der Waals surface area contributed by atoms with Crippen LogP contribution >= 0.6 is 0 Å². The minimum atomic E-state index is -4.11. The molecule has 0 bridgehead atoms. The van der Waals surface area contributed by atoms with Crippen LogP contribution in [0.5, 0.6) is 0 Å². The highest BCUT2D eigenvalue weighted by atomic mass is 32.2. The SMILES string of the molecule is CC1(C)C(O)C(CO)C[C@H]1N.Cc1nccc(N[C@@H]2CC(COS(N)(=O)=O)C(O)C2(C)C)c1C(=O)c1cn(C(C)(C)C)c(C)c1C.N[C@@H]1C[C@@H](CO)[C@@H](O)C1.N[C@@H]1C[C@H](CO)[C@@H](O)C1.N[C@@H]1C[C@H](CO)[C@@H](O)C1(F)F.N[C@@H]1C[C@H](CO)[C@@H](O)[C@@H]1F.N[C@@H]1C[C@H](CO)[C@@H](O)[C@@H]1O.N[C@@H]1C[C@H](CO)[C@@H](O)[C@H]1F. The molecule has 0 radical (unpaired) electrons. The fourth-order valence-corrected chi connectivity index (χ4v) is 15.2. The number of aromatic nitrogens is 2. The maximum Gasteiger partial charge on any atom is 0.333 e. The highest BCUT2D eigenvalue weighted by Crippen LogP contribution is 2.45. The molecule has 8 saturated carbocycles. The molecule has 8 fully saturated rings. The molecule has 0 aromatic carbocycles. The van der Waals surface area contributed by atoms with E-state index in [1.54, 1.807) is 19.2 Å². The number of alkyl halides is 4. The monoisotopic (exact) mass is 1540 g/mol. The fourth-order valence-electron chi connectivity index (χ4n) is 14.8. The lowest BCUT2D eigenvalue weighted by atomic mass is 9.84. The lowest BCUT2D eigenvalue weighted by Gasteiger charge is -2.32. The van der Waals surface area contributed by atoms with E-state index < -0.39 is 113 Å². The molecule has 8 aliphatic rings. The van der Waals surface area contributed by atoms with E-state index >= 15 is 0 Å². The minimum absolute atomic E-state index is 0.00894. The average molecular weight is 1540 g/mol. The first-order valence-electron chi connectivity index (χ1n) is 35.9. The number of hydrogen-bond donors (Lipinski definition) is 25. The second-order valence-corrected chi connectivity index (χ2v) is 33.2. The lowest BCUT2D eigenvalue weighted by Crippen LogP contribution is -2.43. The van der Waals surface area contributed by atoms with Crippen LogP contribution in [-0.2, 0) is 20.0 Å². The first-order chi connectivity index (χ1) is 48.4. The largest absolute Gasteiger partial charge is 0.396 e. The van der Waals surface area contributed by atoms with Crippen LogP contribution in [0.4, 0.5) is 23.2 Å². The Kier molecular flexibility index (Phi) is 37.6. The molecular weight excluding hydrogens is 1410 g/mol. The number of carbonyl (C=O) groups is 1. The zero-order valence-corrected chi connectivity index (χ0v) is 63.1. The molecule has 8 aliphatic carbocycles. The van der Waals surface area contributed by atoms with Crippen LogP contribution in [0.2, 0.25) is 0 Å². The van der Waals surface area contributed by atoms with Crippen molar-refractivity contribution in [3.05, 3.63) is 46.5 Å². The van der Waals surface area contributed by atoms with Crippen molar-refractivity contribution >= 4 is 21.8 Å². The Morgan fingerprint density at radius 2 is 0.971 bits per heavy atom. The number of halogens is 4. The summed E-state index contributed by atoms with van der Waals surface area (Å²) in [7, 11) is -4.11. The van der Waals surface area contributed by atoms with Crippen LogP contribution in [0.3, 0.4) is 0 Å². The summed E-state index contributed by atoms with van der Waals surface area (Å²) in [5, 5.41) is 153. The van der Waals surface area contributed by atoms with Gasteiger partial charge in [0.2, 0.25) is 0 Å². The third kappa shape index (κ3) is 25.3. The Morgan fingerprint density at radius 3 is 1.25 bits per heavy atom. The average Bonchev–Trinajstić information content (AvgIpc) is 1.66. The summed E-state index contributed by atoms with van der Waals surface area (Å²) in [6, 6.07) is -1.20. The molecular formula is C69H129F4N11O20S. The summed E-state index contributed by atoms with van der Waals surface area (Å²) in [4.78, 5) is 18.2. The van der Waals surface area contributed by atoms with E-state index in [4.69, 9.17) is 121 Å². The Hall–Kier alpha value is -3.43. The summed E-state index contributed by atoms with van der Waals surface area (Å²) < 4.78 is 80.1. The van der Waals surface area contributed by atoms with E-state index in [1.165, 1.54) is 0 Å². The molecule has 33 N–H and O–H groups in total. The van der Waals surface area contributed by atoms with Crippen LogP contribution in [0.15, 0.2) is 18.5 Å². The zero-order chi connectivity index (χ0) is 80.7. The van der Waals surface area contributed by atoms with Crippen molar-refractivity contribution in [3.8, 4) is 0 Å². The predicted octanol–water partition coefficient (Wildman–Crippen LogP) is -3.51. The predicted molar refractivity (Wildman–Crippen MR) is 384 cm³/mol. The van der Waals surface area contributed by atoms with E-state index in [9.17, 15) is 41.0 Å². The minimum Gasteiger partial charge on any atom is -0.396 e. The molecule has 0 amide bonds. The number of nitrogens with zero attached hydrogens (tertiary/aromatic N) is 2. The molecule has 10 rings (SSSR count). The maximum absolute atomic E-state index is 13.8. The van der Waals surface area contributed by atoms with Crippen molar-refractivity contribution in [2.45, 2.75) is 261 Å². The van der Waals surface area contributed by atoms with Gasteiger partial charge < -0.3 is 132 Å². The summed E-state index contributed by atoms with van der Waals surface area (Å²) in [6.45, 7) is 18.8. The number of anilines is 1. The van der Waals surface area contributed by atoms with Gasteiger partial charge in [0.25, 0.3) is 5.92 Å². The van der Waals surface area contributed by atoms with E-state index in [-0.39, 0.29) is 147 Å². The fraction of sp³-hybridized carbons (Fsp3) is 0.855. The number of carbonyl (C=O) groups excluding carboxylic acids is 1. The second kappa shape index (κ2) is 41.2. The van der Waals surface area contributed by atoms with Gasteiger partial charge in [-0.15, -0.1) is 0 Å². The van der Waals surface area contributed by atoms with Gasteiger partial charge in [0.15, 0.2) is 5.78 Å². The topological polar surface area (TPSA) is 622 Å². The van der Waals surface area contributed by atoms with Gasteiger partial charge in [0.1, 0.15) is 18.4 Å². The Labute approximate surface area is 614 Å². The van der Waals surface area contributed by atoms with Gasteiger partial charge >= 0.3 is 10.3 Å². The molecule has 105 heavy (non-hydrogen) atoms. The summed E-state index contributed by atoms with van der Waals surface area (Å²) in [6.07, 6.45) is -1.63. The Balaban J connectivity index is 0.000000339. The standard InChI is InChI=1S/C25H38N4O5S.C8H17NO2.C6H11F2NO2.2C6H12FNO2.C6H13NO3.2C6H13NO2/c1-14-16(3)29(24(4,5)6)12-18(14)22(30)21-15(2)27-10-9-19(21)28-20-11-17(13-34-35(26,32)33)23(31)25(20,7)8;1-8(2)6(9)3-5(4-10)7(8)11;7-6(8)4(9)1-3(2-10)5(6)11;2*7-5-4(8)1-3(2-9)6(5)10;7-4-1-3(2-8)5(9)6(4)10;2*7-5-1-4(3-8)6(9)2-5/h9-10,12,17,20,23,31H,11,13H2,1-8H3,(H,27,28)(H2,26,32,33);5-7,10-11H,3-4,9H2,1-2H3;3-5,10-11H,1-2,9H2;2*3-6,9-10H,1-2,8H2;3-6,8-10H,1-2,7H2;2*4-6,8-9H,1-3,7H2/t17?,20-,23?;5?,6-,7?;3-,4-,5-;3-,4-,5+,6-;2*3-,4-,5-,6-;4-,5+,6-;4-,5-,6+/m11111101/s1. The van der Waals surface area contributed by atoms with Crippen molar-refractivity contribution in [3.63, 3.8) is 0 Å². The van der Waals surface area contributed by atoms with Crippen molar-refractivity contribution in [1.82, 2.24) is 9.55 Å². The van der Waals surface area contributed by atoms with Crippen LogP contribution in [0.25, 0.3) is 0 Å². The second-order valence-electron chi connectivity index (χ2n) is 32.0. The molecule has 0 saturated heterocycles. The molecule has 27 atom stereocenters. The number of ketones is 1. The quantitative estimate of drug-likeness (QED) is 0.0644. The van der Waals surface area contributed by atoms with E-state index in [0.717, 1.165) is 30.5 Å². The van der Waals surface area contributed by atoms with Crippen molar-refractivity contribution in [2.75, 3.05) is 58.2 Å². The van der Waals surface area contributed by atoms with Crippen LogP contribution in [0, 0.1) is 78.9 Å². The smallest absolute Gasteiger partial charge is 0.333 e. The van der Waals surface area contributed by atoms with Gasteiger partial charge in [-0.1, -0.05) is 27.7 Å². The van der Waals surface area contributed by atoms with Gasteiger partial charge in [-0.05, 0) is 117 Å². The van der Waals surface area contributed by atoms with E-state index in [0.29, 0.717) is 61.0 Å². The number of hydrogen-bond acceptors (Lipinski definition) is 29. The molecule has 31 nitrogen and oxygen atoms in total. The van der Waals surface area contributed by atoms with Gasteiger partial charge in [-0.3, -0.25) is 14.0 Å². The molecule has 0 aliphatic heterocycles. The molecule has 2 heterocycles. The number of aliphatic hydroxyl groups excluding tert-OH is 16. The van der Waals surface area contributed by atoms with Gasteiger partial charge in [-0.25, -0.2) is 22.7 Å². The normalized spacial score (nSPS) is 37.6. The van der Waals surface area contributed by atoms with Crippen molar-refractivity contribution in [2.24, 2.45) is 103 Å². The third-order valence-corrected chi connectivity index (χ3v) is 22.9. The van der Waals surface area contributed by atoms with Crippen LogP contribution < -0.4 is 50.6 Å². The number of aliphatic hydroxyl groups is 16. The maximum atomic E-state index is 13.8. The van der Waals surface area contributed by atoms with E-state index in [1.807, 2.05) is 47.7 Å². The summed E-state index contributed by atoms with van der Waals surface area (Å²) in [5.41, 5.74) is 41.1. The Morgan fingerprint density at radius 1 is 0.562 bits per heavy atom. The summed E-state index contributed by atoms with van der Waals surface area (Å²) in [5.74, 6) is -5.53. The highest BCUT2D eigenvalue weighted by molar-refractivity contribution is 7.84. The Bertz CT molecular complexity index is 2920. The molecule has 2 aromatic heterocycles. The summed E-state index contributed by atoms with van der Waals surface area (Å²) >= 11 is 0. The van der Waals surface area contributed by atoms with Crippen molar-refractivity contribution in [1.29, 1.82) is 0 Å². The number of rotatable bonds is 14. The molecule has 0 spiro atoms. The number of pyridine rings is 1. The number of nitrogens with two attached hydrogens (primary N) is 8. The highest BCUT2D eigenvalue weighted by Gasteiger charge is 2.55. The number of nitrogens with one attached hydrogen (secondary N) is 1. The molecule has 614 valence electrons.